The van der Waals surface area contributed by atoms with Gasteiger partial charge in [0.1, 0.15) is 0 Å². The minimum Gasteiger partial charge on any atom is -0.407 e. The van der Waals surface area contributed by atoms with E-state index >= 15 is 0 Å². The lowest BCUT2D eigenvalue weighted by atomic mass is 9.35. The van der Waals surface area contributed by atoms with Crippen LogP contribution in [-0.4, -0.2) is 14.9 Å². The van der Waals surface area contributed by atoms with Crippen molar-refractivity contribution in [1.29, 1.82) is 0 Å². The summed E-state index contributed by atoms with van der Waals surface area (Å²) in [7, 11) is -2.42. The maximum absolute atomic E-state index is 7.28. The van der Waals surface area contributed by atoms with Crippen molar-refractivity contribution in [2.24, 2.45) is 10.8 Å². The van der Waals surface area contributed by atoms with Gasteiger partial charge in [-0.25, -0.2) is 0 Å². The second-order valence-corrected chi connectivity index (χ2v) is 17.7. The third-order valence-electron chi connectivity index (χ3n) is 9.14. The Bertz CT molecular complexity index is 912. The van der Waals surface area contributed by atoms with Crippen LogP contribution in [0.3, 0.4) is 0 Å². The molecule has 3 aliphatic rings. The molecule has 0 atom stereocenters. The van der Waals surface area contributed by atoms with Crippen LogP contribution < -0.4 is 10.4 Å². The fourth-order valence-electron chi connectivity index (χ4n) is 7.34. The summed E-state index contributed by atoms with van der Waals surface area (Å²) in [5.74, 6) is 0. The average molecular weight is 517 g/mol. The van der Waals surface area contributed by atoms with Crippen molar-refractivity contribution in [3.8, 4) is 0 Å². The van der Waals surface area contributed by atoms with Crippen molar-refractivity contribution in [1.82, 2.24) is 0 Å². The van der Waals surface area contributed by atoms with Gasteiger partial charge in [0, 0.05) is 6.61 Å². The minimum absolute atomic E-state index is 0.0618. The zero-order valence-electron chi connectivity index (χ0n) is 24.2. The normalized spacial score (nSPS) is 23.1. The monoisotopic (exact) mass is 516 g/mol. The van der Waals surface area contributed by atoms with Gasteiger partial charge in [-0.15, -0.1) is 0 Å². The van der Waals surface area contributed by atoms with Gasteiger partial charge in [-0.05, 0) is 58.3 Å². The SMILES string of the molecule is CCCCCCCCCCCC=CC12CC(CO[Si](c3ccccc3)(c3ccccc3)C(C)(C)C)(C1)C2. The predicted molar refractivity (Wildman–Crippen MR) is 163 cm³/mol. The van der Waals surface area contributed by atoms with Gasteiger partial charge < -0.3 is 4.43 Å². The van der Waals surface area contributed by atoms with Gasteiger partial charge in [-0.2, -0.15) is 0 Å². The Morgan fingerprint density at radius 2 is 1.22 bits per heavy atom. The first kappa shape index (κ1) is 28.4. The average Bonchev–Trinajstić information content (AvgIpc) is 2.85. The van der Waals surface area contributed by atoms with Gasteiger partial charge in [-0.1, -0.05) is 152 Å². The summed E-state index contributed by atoms with van der Waals surface area (Å²) in [6, 6.07) is 22.2. The van der Waals surface area contributed by atoms with E-state index in [0.717, 1.165) is 6.61 Å². The lowest BCUT2D eigenvalue weighted by Crippen LogP contribution is -2.70. The van der Waals surface area contributed by atoms with Crippen LogP contribution in [0.1, 0.15) is 111 Å². The largest absolute Gasteiger partial charge is 0.407 e. The molecule has 2 heteroatoms. The van der Waals surface area contributed by atoms with Gasteiger partial charge in [0.05, 0.1) is 0 Å². The van der Waals surface area contributed by atoms with E-state index in [2.05, 4.69) is 101 Å². The summed E-state index contributed by atoms with van der Waals surface area (Å²) in [6.07, 6.45) is 23.1. The first-order valence-electron chi connectivity index (χ1n) is 15.3. The van der Waals surface area contributed by atoms with Crippen LogP contribution in [0.2, 0.25) is 5.04 Å². The molecule has 0 aromatic heterocycles. The molecule has 0 N–H and O–H groups in total. The van der Waals surface area contributed by atoms with Crippen molar-refractivity contribution >= 4 is 18.7 Å². The summed E-state index contributed by atoms with van der Waals surface area (Å²) >= 11 is 0. The van der Waals surface area contributed by atoms with Gasteiger partial charge in [0.2, 0.25) is 0 Å². The lowest BCUT2D eigenvalue weighted by Gasteiger charge is -2.70. The van der Waals surface area contributed by atoms with E-state index in [4.69, 9.17) is 4.43 Å². The van der Waals surface area contributed by atoms with Gasteiger partial charge in [-0.3, -0.25) is 0 Å². The van der Waals surface area contributed by atoms with E-state index in [1.165, 1.54) is 93.8 Å². The van der Waals surface area contributed by atoms with Crippen LogP contribution in [0, 0.1) is 10.8 Å². The third kappa shape index (κ3) is 6.51. The highest BCUT2D eigenvalue weighted by Crippen LogP contribution is 2.74. The molecule has 0 saturated heterocycles. The smallest absolute Gasteiger partial charge is 0.261 e. The maximum atomic E-state index is 7.28. The molecule has 0 amide bonds. The Morgan fingerprint density at radius 3 is 1.70 bits per heavy atom. The van der Waals surface area contributed by atoms with Crippen molar-refractivity contribution in [2.45, 2.75) is 116 Å². The van der Waals surface area contributed by atoms with Crippen molar-refractivity contribution in [3.63, 3.8) is 0 Å². The maximum Gasteiger partial charge on any atom is 0.261 e. The number of unbranched alkanes of at least 4 members (excludes halogenated alkanes) is 9. The predicted octanol–water partition coefficient (Wildman–Crippen LogP) is 9.21. The van der Waals surface area contributed by atoms with E-state index in [1.807, 2.05) is 0 Å². The van der Waals surface area contributed by atoms with E-state index < -0.39 is 8.32 Å². The highest BCUT2D eigenvalue weighted by Gasteiger charge is 2.67. The van der Waals surface area contributed by atoms with E-state index in [0.29, 0.717) is 10.8 Å². The number of allylic oxidation sites excluding steroid dienone is 2. The number of rotatable bonds is 16. The summed E-state index contributed by atoms with van der Waals surface area (Å²) in [5, 5.41) is 2.86. The molecule has 3 fully saturated rings. The van der Waals surface area contributed by atoms with Crippen LogP contribution >= 0.6 is 0 Å². The highest BCUT2D eigenvalue weighted by molar-refractivity contribution is 6.99. The molecule has 0 aliphatic heterocycles. The Kier molecular flexibility index (Phi) is 9.56. The summed E-state index contributed by atoms with van der Waals surface area (Å²) in [6.45, 7) is 10.4. The Morgan fingerprint density at radius 1 is 0.730 bits per heavy atom. The van der Waals surface area contributed by atoms with Crippen LogP contribution in [0.15, 0.2) is 72.8 Å². The van der Waals surface area contributed by atoms with Gasteiger partial charge >= 0.3 is 0 Å². The van der Waals surface area contributed by atoms with Crippen molar-refractivity contribution < 1.29 is 4.43 Å². The van der Waals surface area contributed by atoms with Crippen LogP contribution in [0.25, 0.3) is 0 Å². The standard InChI is InChI=1S/C35H52OSi/c1-5-6-7-8-9-10-11-12-13-14-21-26-34-27-35(28-34,29-34)30-36-37(33(2,3)4,31-22-17-15-18-23-31)32-24-19-16-20-25-32/h15-26H,5-14,27-30H2,1-4H3. The molecule has 202 valence electrons. The first-order valence-corrected chi connectivity index (χ1v) is 17.2. The first-order chi connectivity index (χ1) is 17.8. The molecule has 0 unspecified atom stereocenters. The Labute approximate surface area is 229 Å². The lowest BCUT2D eigenvalue weighted by molar-refractivity contribution is -0.188. The molecule has 2 aromatic rings. The zero-order valence-corrected chi connectivity index (χ0v) is 25.2. The summed E-state index contributed by atoms with van der Waals surface area (Å²) in [5.41, 5.74) is 0.906. The molecule has 2 bridgehead atoms. The minimum atomic E-state index is -2.42. The summed E-state index contributed by atoms with van der Waals surface area (Å²) < 4.78 is 7.28. The van der Waals surface area contributed by atoms with E-state index in [-0.39, 0.29) is 5.04 Å². The fourth-order valence-corrected chi connectivity index (χ4v) is 12.0. The number of benzene rings is 2. The topological polar surface area (TPSA) is 9.23 Å². The molecule has 3 aliphatic carbocycles. The number of hydrogen-bond acceptors (Lipinski definition) is 1. The van der Waals surface area contributed by atoms with E-state index in [9.17, 15) is 0 Å². The molecule has 0 spiro atoms. The molecule has 1 nitrogen and oxygen atoms in total. The molecular formula is C35H52OSi. The van der Waals surface area contributed by atoms with Crippen molar-refractivity contribution in [3.05, 3.63) is 72.8 Å². The molecule has 37 heavy (non-hydrogen) atoms. The molecule has 5 rings (SSSR count). The third-order valence-corrected chi connectivity index (χ3v) is 14.1. The Hall–Kier alpha value is -1.64. The molecule has 0 radical (unpaired) electrons. The second-order valence-electron chi connectivity index (χ2n) is 13.4. The quantitative estimate of drug-likeness (QED) is 0.123. The van der Waals surface area contributed by atoms with Crippen molar-refractivity contribution in [2.75, 3.05) is 6.61 Å². The van der Waals surface area contributed by atoms with Gasteiger partial charge in [0.25, 0.3) is 8.32 Å². The highest BCUT2D eigenvalue weighted by atomic mass is 28.4. The number of hydrogen-bond donors (Lipinski definition) is 0. The van der Waals surface area contributed by atoms with Crippen LogP contribution in [0.4, 0.5) is 0 Å². The molecule has 2 aromatic carbocycles. The molecular weight excluding hydrogens is 464 g/mol. The van der Waals surface area contributed by atoms with Gasteiger partial charge in [0.15, 0.2) is 0 Å². The Balaban J connectivity index is 1.27. The molecule has 0 heterocycles. The van der Waals surface area contributed by atoms with Crippen LogP contribution in [-0.2, 0) is 4.43 Å². The van der Waals surface area contributed by atoms with E-state index in [1.54, 1.807) is 0 Å². The zero-order chi connectivity index (χ0) is 26.2. The summed E-state index contributed by atoms with van der Waals surface area (Å²) in [4.78, 5) is 0. The molecule has 3 saturated carbocycles. The second kappa shape index (κ2) is 12.5. The fraction of sp³-hybridized carbons (Fsp3) is 0.600. The van der Waals surface area contributed by atoms with Crippen LogP contribution in [0.5, 0.6) is 0 Å².